The van der Waals surface area contributed by atoms with Gasteiger partial charge in [0.05, 0.1) is 17.1 Å². The van der Waals surface area contributed by atoms with Gasteiger partial charge in [-0.2, -0.15) is 0 Å². The zero-order valence-corrected chi connectivity index (χ0v) is 16.4. The Kier molecular flexibility index (Phi) is 4.73. The van der Waals surface area contributed by atoms with Gasteiger partial charge in [-0.3, -0.25) is 4.79 Å². The topological polar surface area (TPSA) is 38.1 Å². The van der Waals surface area contributed by atoms with Gasteiger partial charge in [0.25, 0.3) is 0 Å². The molecule has 1 saturated heterocycles. The van der Waals surface area contributed by atoms with Crippen LogP contribution in [0.25, 0.3) is 11.0 Å². The molecule has 2 heterocycles. The van der Waals surface area contributed by atoms with Crippen molar-refractivity contribution >= 4 is 16.9 Å². The molecule has 140 valence electrons. The Hall–Kier alpha value is -2.62. The second kappa shape index (κ2) is 7.18. The molecule has 0 radical (unpaired) electrons. The third-order valence-corrected chi connectivity index (χ3v) is 5.69. The van der Waals surface area contributed by atoms with Crippen molar-refractivity contribution in [3.05, 3.63) is 65.0 Å². The normalized spacial score (nSPS) is 17.0. The van der Waals surface area contributed by atoms with Crippen molar-refractivity contribution in [1.29, 1.82) is 0 Å². The molecule has 1 amide bonds. The number of carbonyl (C=O) groups excluding carboxylic acids is 1. The van der Waals surface area contributed by atoms with Gasteiger partial charge in [-0.15, -0.1) is 0 Å². The molecule has 4 nitrogen and oxygen atoms in total. The van der Waals surface area contributed by atoms with E-state index in [1.807, 2.05) is 17.9 Å². The minimum atomic E-state index is 0.0787. The zero-order chi connectivity index (χ0) is 19.0. The van der Waals surface area contributed by atoms with Crippen LogP contribution in [0.3, 0.4) is 0 Å². The molecule has 1 aliphatic heterocycles. The summed E-state index contributed by atoms with van der Waals surface area (Å²) in [5.41, 5.74) is 6.02. The lowest BCUT2D eigenvalue weighted by molar-refractivity contribution is -0.131. The summed E-state index contributed by atoms with van der Waals surface area (Å²) in [6.45, 7) is 7.86. The first kappa shape index (κ1) is 17.8. The van der Waals surface area contributed by atoms with Crippen LogP contribution in [0.15, 0.2) is 42.5 Å². The molecule has 0 spiro atoms. The second-order valence-electron chi connectivity index (χ2n) is 7.57. The van der Waals surface area contributed by atoms with Gasteiger partial charge in [-0.05, 0) is 49.9 Å². The van der Waals surface area contributed by atoms with Crippen LogP contribution in [0.2, 0.25) is 0 Å². The van der Waals surface area contributed by atoms with E-state index in [-0.39, 0.29) is 11.9 Å². The Balaban J connectivity index is 1.82. The Morgan fingerprint density at radius 2 is 2.00 bits per heavy atom. The fourth-order valence-electron chi connectivity index (χ4n) is 4.19. The van der Waals surface area contributed by atoms with Gasteiger partial charge in [0.15, 0.2) is 0 Å². The van der Waals surface area contributed by atoms with Crippen molar-refractivity contribution in [3.8, 4) is 0 Å². The molecule has 27 heavy (non-hydrogen) atoms. The molecule has 4 heteroatoms. The van der Waals surface area contributed by atoms with E-state index >= 15 is 0 Å². The highest BCUT2D eigenvalue weighted by Crippen LogP contribution is 2.34. The predicted octanol–water partition coefficient (Wildman–Crippen LogP) is 4.77. The highest BCUT2D eigenvalue weighted by atomic mass is 16.2. The van der Waals surface area contributed by atoms with E-state index in [0.717, 1.165) is 42.8 Å². The highest BCUT2D eigenvalue weighted by molar-refractivity contribution is 5.78. The van der Waals surface area contributed by atoms with Gasteiger partial charge in [0.1, 0.15) is 5.82 Å². The molecule has 0 unspecified atom stereocenters. The predicted molar refractivity (Wildman–Crippen MR) is 109 cm³/mol. The van der Waals surface area contributed by atoms with Gasteiger partial charge >= 0.3 is 0 Å². The maximum atomic E-state index is 12.5. The molecule has 2 aromatic carbocycles. The number of imidazole rings is 1. The Morgan fingerprint density at radius 3 is 2.81 bits per heavy atom. The summed E-state index contributed by atoms with van der Waals surface area (Å²) in [6.07, 6.45) is 2.58. The third-order valence-electron chi connectivity index (χ3n) is 5.69. The van der Waals surface area contributed by atoms with Crippen molar-refractivity contribution in [2.24, 2.45) is 0 Å². The van der Waals surface area contributed by atoms with Gasteiger partial charge in [-0.25, -0.2) is 4.98 Å². The lowest BCUT2D eigenvalue weighted by Crippen LogP contribution is -2.31. The lowest BCUT2D eigenvalue weighted by atomic mass is 10.1. The van der Waals surface area contributed by atoms with Crippen LogP contribution in [-0.2, 0) is 11.3 Å². The molecule has 0 aliphatic carbocycles. The van der Waals surface area contributed by atoms with Crippen molar-refractivity contribution in [3.63, 3.8) is 0 Å². The molecular formula is C23H27N3O. The summed E-state index contributed by atoms with van der Waals surface area (Å²) in [5.74, 6) is 1.25. The molecule has 0 N–H and O–H groups in total. The number of benzene rings is 2. The quantitative estimate of drug-likeness (QED) is 0.671. The van der Waals surface area contributed by atoms with Gasteiger partial charge in [-0.1, -0.05) is 42.8 Å². The molecule has 1 aromatic heterocycles. The van der Waals surface area contributed by atoms with E-state index in [4.69, 9.17) is 4.98 Å². The number of amides is 1. The molecular weight excluding hydrogens is 334 g/mol. The minimum Gasteiger partial charge on any atom is -0.333 e. The standard InChI is InChI=1S/C23H27N3O/c1-4-22(27)25-13-7-10-21(25)23-24-19-8-5-6-9-20(19)26(23)15-18-14-16(2)11-12-17(18)3/h5-6,8-9,11-12,14,21H,4,7,10,13,15H2,1-3H3/t21-/m1/s1. The summed E-state index contributed by atoms with van der Waals surface area (Å²) in [7, 11) is 0. The highest BCUT2D eigenvalue weighted by Gasteiger charge is 2.33. The number of carbonyl (C=O) groups is 1. The molecule has 0 saturated carbocycles. The van der Waals surface area contributed by atoms with Crippen LogP contribution >= 0.6 is 0 Å². The Labute approximate surface area is 160 Å². The number of para-hydroxylation sites is 2. The summed E-state index contributed by atoms with van der Waals surface area (Å²) in [6, 6.07) is 15.0. The molecule has 1 atom stereocenters. The number of fused-ring (bicyclic) bond motifs is 1. The average Bonchev–Trinajstić information content (AvgIpc) is 3.29. The lowest BCUT2D eigenvalue weighted by Gasteiger charge is -2.25. The minimum absolute atomic E-state index is 0.0787. The van der Waals surface area contributed by atoms with Crippen LogP contribution < -0.4 is 0 Å². The van der Waals surface area contributed by atoms with E-state index in [0.29, 0.717) is 6.42 Å². The van der Waals surface area contributed by atoms with Gasteiger partial charge in [0.2, 0.25) is 5.91 Å². The Bertz CT molecular complexity index is 988. The van der Waals surface area contributed by atoms with Crippen LogP contribution in [0.4, 0.5) is 0 Å². The summed E-state index contributed by atoms with van der Waals surface area (Å²) < 4.78 is 2.32. The van der Waals surface area contributed by atoms with Crippen LogP contribution in [0.1, 0.15) is 54.7 Å². The molecule has 3 aromatic rings. The summed E-state index contributed by atoms with van der Waals surface area (Å²) in [5, 5.41) is 0. The fourth-order valence-corrected chi connectivity index (χ4v) is 4.19. The average molecular weight is 361 g/mol. The van der Waals surface area contributed by atoms with Gasteiger partial charge in [0, 0.05) is 19.5 Å². The van der Waals surface area contributed by atoms with Crippen molar-refractivity contribution in [1.82, 2.24) is 14.5 Å². The third kappa shape index (κ3) is 3.25. The van der Waals surface area contributed by atoms with Crippen LogP contribution in [0.5, 0.6) is 0 Å². The largest absolute Gasteiger partial charge is 0.333 e. The first-order chi connectivity index (χ1) is 13.1. The Morgan fingerprint density at radius 1 is 1.19 bits per heavy atom. The monoisotopic (exact) mass is 361 g/mol. The van der Waals surface area contributed by atoms with Crippen molar-refractivity contribution < 1.29 is 4.79 Å². The van der Waals surface area contributed by atoms with E-state index < -0.39 is 0 Å². The smallest absolute Gasteiger partial charge is 0.222 e. The van der Waals surface area contributed by atoms with E-state index in [9.17, 15) is 4.79 Å². The number of nitrogens with zero attached hydrogens (tertiary/aromatic N) is 3. The zero-order valence-electron chi connectivity index (χ0n) is 16.4. The fraction of sp³-hybridized carbons (Fsp3) is 0.391. The van der Waals surface area contributed by atoms with Gasteiger partial charge < -0.3 is 9.47 Å². The number of rotatable bonds is 4. The summed E-state index contributed by atoms with van der Waals surface area (Å²) >= 11 is 0. The maximum absolute atomic E-state index is 12.5. The molecule has 0 bridgehead atoms. The first-order valence-electron chi connectivity index (χ1n) is 9.89. The SMILES string of the molecule is CCC(=O)N1CCC[C@@H]1c1nc2ccccc2n1Cc1cc(C)ccc1C. The maximum Gasteiger partial charge on any atom is 0.222 e. The van der Waals surface area contributed by atoms with Crippen LogP contribution in [-0.4, -0.2) is 26.9 Å². The molecule has 4 rings (SSSR count). The first-order valence-corrected chi connectivity index (χ1v) is 9.89. The van der Waals surface area contributed by atoms with E-state index in [1.165, 1.54) is 16.7 Å². The summed E-state index contributed by atoms with van der Waals surface area (Å²) in [4.78, 5) is 19.5. The van der Waals surface area contributed by atoms with Crippen molar-refractivity contribution in [2.75, 3.05) is 6.54 Å². The number of aromatic nitrogens is 2. The molecule has 1 aliphatic rings. The number of hydrogen-bond donors (Lipinski definition) is 0. The molecule has 1 fully saturated rings. The number of likely N-dealkylation sites (tertiary alicyclic amines) is 1. The number of hydrogen-bond acceptors (Lipinski definition) is 2. The second-order valence-corrected chi connectivity index (χ2v) is 7.57. The van der Waals surface area contributed by atoms with Crippen molar-refractivity contribution in [2.45, 2.75) is 52.6 Å². The number of aryl methyl sites for hydroxylation is 2. The van der Waals surface area contributed by atoms with E-state index in [1.54, 1.807) is 0 Å². The van der Waals surface area contributed by atoms with E-state index in [2.05, 4.69) is 54.8 Å². The van der Waals surface area contributed by atoms with Crippen LogP contribution in [0, 0.1) is 13.8 Å².